The Balaban J connectivity index is 1.86. The van der Waals surface area contributed by atoms with Crippen LogP contribution >= 0.6 is 11.3 Å². The van der Waals surface area contributed by atoms with Gasteiger partial charge in [-0.3, -0.25) is 0 Å². The maximum absolute atomic E-state index is 4.36. The van der Waals surface area contributed by atoms with Gasteiger partial charge in [-0.2, -0.15) is 0 Å². The molecular weight excluding hydrogens is 208 g/mol. The third-order valence-corrected chi connectivity index (χ3v) is 2.78. The predicted molar refractivity (Wildman–Crippen MR) is 62.3 cm³/mol. The fourth-order valence-corrected chi connectivity index (χ4v) is 2.04. The highest BCUT2D eigenvalue weighted by Crippen LogP contribution is 2.06. The molecule has 2 heterocycles. The highest BCUT2D eigenvalue weighted by molar-refractivity contribution is 7.07. The molecule has 0 bridgehead atoms. The Morgan fingerprint density at radius 1 is 1.53 bits per heavy atom. The Hall–Kier alpha value is -1.36. The minimum atomic E-state index is 0.869. The van der Waals surface area contributed by atoms with Gasteiger partial charge in [0.15, 0.2) is 0 Å². The molecule has 0 aliphatic carbocycles. The van der Waals surface area contributed by atoms with E-state index >= 15 is 0 Å². The lowest BCUT2D eigenvalue weighted by atomic mass is 10.3. The molecule has 80 valence electrons. The predicted octanol–water partition coefficient (Wildman–Crippen LogP) is 1.84. The number of nitrogens with zero attached hydrogens (tertiary/aromatic N) is 3. The van der Waals surface area contributed by atoms with Crippen molar-refractivity contribution in [2.24, 2.45) is 7.05 Å². The Morgan fingerprint density at radius 3 is 3.00 bits per heavy atom. The molecule has 0 fully saturated rings. The van der Waals surface area contributed by atoms with Gasteiger partial charge in [-0.15, -0.1) is 11.3 Å². The Morgan fingerprint density at radius 2 is 2.40 bits per heavy atom. The molecule has 5 heteroatoms. The van der Waals surface area contributed by atoms with Gasteiger partial charge >= 0.3 is 0 Å². The van der Waals surface area contributed by atoms with Crippen molar-refractivity contribution in [3.8, 4) is 0 Å². The van der Waals surface area contributed by atoms with Crippen molar-refractivity contribution in [2.45, 2.75) is 13.3 Å². The molecule has 0 saturated heterocycles. The molecule has 0 radical (unpaired) electrons. The minimum Gasteiger partial charge on any atom is -0.355 e. The number of nitrogens with one attached hydrogen (secondary N) is 1. The lowest BCUT2D eigenvalue weighted by Crippen LogP contribution is -2.08. The van der Waals surface area contributed by atoms with Gasteiger partial charge < -0.3 is 9.88 Å². The summed E-state index contributed by atoms with van der Waals surface area (Å²) in [4.78, 5) is 8.59. The Bertz CT molecular complexity index is 419. The summed E-state index contributed by atoms with van der Waals surface area (Å²) < 4.78 is 2.00. The van der Waals surface area contributed by atoms with Gasteiger partial charge in [-0.05, 0) is 6.92 Å². The summed E-state index contributed by atoms with van der Waals surface area (Å²) in [7, 11) is 1.99. The van der Waals surface area contributed by atoms with Crippen molar-refractivity contribution in [3.05, 3.63) is 28.5 Å². The first-order valence-corrected chi connectivity index (χ1v) is 5.81. The molecule has 4 nitrogen and oxygen atoms in total. The van der Waals surface area contributed by atoms with Crippen LogP contribution in [-0.4, -0.2) is 21.1 Å². The number of imidazole rings is 1. The normalized spacial score (nSPS) is 10.5. The molecule has 15 heavy (non-hydrogen) atoms. The lowest BCUT2D eigenvalue weighted by Gasteiger charge is -2.03. The van der Waals surface area contributed by atoms with E-state index in [-0.39, 0.29) is 0 Å². The van der Waals surface area contributed by atoms with E-state index < -0.39 is 0 Å². The van der Waals surface area contributed by atoms with E-state index in [4.69, 9.17) is 0 Å². The molecule has 1 N–H and O–H groups in total. The van der Waals surface area contributed by atoms with Crippen LogP contribution in [0.5, 0.6) is 0 Å². The fourth-order valence-electron chi connectivity index (χ4n) is 1.44. The van der Waals surface area contributed by atoms with Gasteiger partial charge in [0.2, 0.25) is 5.95 Å². The van der Waals surface area contributed by atoms with Crippen molar-refractivity contribution in [1.29, 1.82) is 0 Å². The maximum atomic E-state index is 4.36. The van der Waals surface area contributed by atoms with Crippen LogP contribution in [0.25, 0.3) is 0 Å². The van der Waals surface area contributed by atoms with Crippen LogP contribution in [-0.2, 0) is 13.5 Å². The first-order valence-electron chi connectivity index (χ1n) is 4.86. The van der Waals surface area contributed by atoms with Crippen LogP contribution in [0.15, 0.2) is 17.1 Å². The second-order valence-corrected chi connectivity index (χ2v) is 4.19. The highest BCUT2D eigenvalue weighted by Gasteiger charge is 2.01. The van der Waals surface area contributed by atoms with Crippen LogP contribution in [0.4, 0.5) is 5.95 Å². The summed E-state index contributed by atoms with van der Waals surface area (Å²) in [6, 6.07) is 0. The van der Waals surface area contributed by atoms with Crippen LogP contribution in [0.2, 0.25) is 0 Å². The van der Waals surface area contributed by atoms with Crippen molar-refractivity contribution in [2.75, 3.05) is 11.9 Å². The molecule has 2 aromatic rings. The highest BCUT2D eigenvalue weighted by atomic mass is 32.1. The molecular formula is C10H14N4S. The first kappa shape index (κ1) is 10.2. The van der Waals surface area contributed by atoms with E-state index in [2.05, 4.69) is 20.7 Å². The smallest absolute Gasteiger partial charge is 0.202 e. The van der Waals surface area contributed by atoms with Crippen LogP contribution in [0.3, 0.4) is 0 Å². The summed E-state index contributed by atoms with van der Waals surface area (Å²) in [6.07, 6.45) is 2.95. The molecule has 0 aliphatic heterocycles. The molecule has 0 amide bonds. The van der Waals surface area contributed by atoms with Gasteiger partial charge in [0.1, 0.15) is 0 Å². The minimum absolute atomic E-state index is 0.869. The van der Waals surface area contributed by atoms with Gasteiger partial charge in [-0.25, -0.2) is 9.97 Å². The number of anilines is 1. The van der Waals surface area contributed by atoms with Crippen LogP contribution in [0, 0.1) is 6.92 Å². The number of rotatable bonds is 4. The zero-order valence-corrected chi connectivity index (χ0v) is 9.71. The molecule has 2 aromatic heterocycles. The fraction of sp³-hybridized carbons (Fsp3) is 0.400. The lowest BCUT2D eigenvalue weighted by molar-refractivity contribution is 0.883. The van der Waals surface area contributed by atoms with E-state index in [0.717, 1.165) is 30.3 Å². The standard InChI is InChI=1S/C10H14N4S/c1-8-5-14(2)10(13-8)11-4-3-9-6-15-7-12-9/h5-7H,3-4H2,1-2H3,(H,11,13). The molecule has 2 rings (SSSR count). The van der Waals surface area contributed by atoms with Gasteiger partial charge in [0.05, 0.1) is 16.9 Å². The Kier molecular flexibility index (Phi) is 3.01. The first-order chi connectivity index (χ1) is 7.25. The van der Waals surface area contributed by atoms with E-state index in [1.165, 1.54) is 0 Å². The molecule has 0 spiro atoms. The van der Waals surface area contributed by atoms with E-state index in [0.29, 0.717) is 0 Å². The molecule has 0 atom stereocenters. The average Bonchev–Trinajstić information content (AvgIpc) is 2.77. The molecule has 0 aromatic carbocycles. The number of aryl methyl sites for hydroxylation is 2. The molecule has 0 saturated carbocycles. The quantitative estimate of drug-likeness (QED) is 0.858. The van der Waals surface area contributed by atoms with E-state index in [1.807, 2.05) is 30.2 Å². The van der Waals surface area contributed by atoms with Gasteiger partial charge in [0.25, 0.3) is 0 Å². The number of hydrogen-bond acceptors (Lipinski definition) is 4. The number of hydrogen-bond donors (Lipinski definition) is 1. The second-order valence-electron chi connectivity index (χ2n) is 3.47. The van der Waals surface area contributed by atoms with Crippen molar-refractivity contribution in [3.63, 3.8) is 0 Å². The van der Waals surface area contributed by atoms with Crippen molar-refractivity contribution in [1.82, 2.24) is 14.5 Å². The zero-order chi connectivity index (χ0) is 10.7. The van der Waals surface area contributed by atoms with E-state index in [1.54, 1.807) is 11.3 Å². The largest absolute Gasteiger partial charge is 0.355 e. The number of aromatic nitrogens is 3. The molecule has 0 aliphatic rings. The monoisotopic (exact) mass is 222 g/mol. The van der Waals surface area contributed by atoms with Crippen molar-refractivity contribution >= 4 is 17.3 Å². The van der Waals surface area contributed by atoms with Crippen LogP contribution < -0.4 is 5.32 Å². The van der Waals surface area contributed by atoms with Crippen molar-refractivity contribution < 1.29 is 0 Å². The Labute approximate surface area is 93.0 Å². The SMILES string of the molecule is Cc1cn(C)c(NCCc2cscn2)n1. The summed E-state index contributed by atoms with van der Waals surface area (Å²) in [5.41, 5.74) is 4.03. The average molecular weight is 222 g/mol. The molecule has 0 unspecified atom stereocenters. The summed E-state index contributed by atoms with van der Waals surface area (Å²) in [6.45, 7) is 2.86. The topological polar surface area (TPSA) is 42.7 Å². The van der Waals surface area contributed by atoms with E-state index in [9.17, 15) is 0 Å². The van der Waals surface area contributed by atoms with Gasteiger partial charge in [0, 0.05) is 31.6 Å². The third-order valence-electron chi connectivity index (χ3n) is 2.14. The summed E-state index contributed by atoms with van der Waals surface area (Å²) in [5.74, 6) is 0.919. The third kappa shape index (κ3) is 2.56. The number of thiazole rings is 1. The zero-order valence-electron chi connectivity index (χ0n) is 8.90. The maximum Gasteiger partial charge on any atom is 0.202 e. The van der Waals surface area contributed by atoms with Gasteiger partial charge in [-0.1, -0.05) is 0 Å². The van der Waals surface area contributed by atoms with Crippen LogP contribution in [0.1, 0.15) is 11.4 Å². The second kappa shape index (κ2) is 4.44. The summed E-state index contributed by atoms with van der Waals surface area (Å²) in [5, 5.41) is 5.36. The summed E-state index contributed by atoms with van der Waals surface area (Å²) >= 11 is 1.63.